The van der Waals surface area contributed by atoms with Gasteiger partial charge in [0.1, 0.15) is 0 Å². The topological polar surface area (TPSA) is 38.8 Å². The summed E-state index contributed by atoms with van der Waals surface area (Å²) in [6.45, 7) is 4.51. The first-order valence-electron chi connectivity index (χ1n) is 11.8. The standard InChI is InChI=1S/C24H36Cl2N4O/c1-28(2)23(31)27-19-9-7-18(8-10-19)11-16-29-14-4-15-30(24(17-29)12-13-24)21-6-3-5-20(25)22(21)26/h3,5-6,18-19H,4,7-17H2,1-2H3,(H,27,31). The van der Waals surface area contributed by atoms with Crippen LogP contribution in [-0.4, -0.2) is 67.7 Å². The van der Waals surface area contributed by atoms with Crippen LogP contribution in [0.5, 0.6) is 0 Å². The zero-order chi connectivity index (χ0) is 22.0. The molecule has 2 amide bonds. The van der Waals surface area contributed by atoms with Crippen LogP contribution in [0.1, 0.15) is 51.4 Å². The van der Waals surface area contributed by atoms with E-state index in [1.807, 2.05) is 12.1 Å². The van der Waals surface area contributed by atoms with Crippen LogP contribution in [0.4, 0.5) is 10.5 Å². The molecule has 0 radical (unpaired) electrons. The van der Waals surface area contributed by atoms with Crippen molar-refractivity contribution in [1.82, 2.24) is 15.1 Å². The minimum absolute atomic E-state index is 0.0344. The molecule has 1 saturated heterocycles. The fourth-order valence-corrected chi connectivity index (χ4v) is 5.77. The highest BCUT2D eigenvalue weighted by molar-refractivity contribution is 6.43. The minimum atomic E-state index is 0.0344. The van der Waals surface area contributed by atoms with E-state index < -0.39 is 0 Å². The first-order valence-corrected chi connectivity index (χ1v) is 12.6. The lowest BCUT2D eigenvalue weighted by Crippen LogP contribution is -2.44. The average Bonchev–Trinajstić information content (AvgIpc) is 3.55. The molecule has 4 rings (SSSR count). The van der Waals surface area contributed by atoms with E-state index in [1.54, 1.807) is 19.0 Å². The van der Waals surface area contributed by atoms with Crippen molar-refractivity contribution in [3.63, 3.8) is 0 Å². The van der Waals surface area contributed by atoms with Gasteiger partial charge in [0.05, 0.1) is 21.3 Å². The molecule has 1 N–H and O–H groups in total. The molecule has 0 bridgehead atoms. The molecule has 31 heavy (non-hydrogen) atoms. The highest BCUT2D eigenvalue weighted by atomic mass is 35.5. The van der Waals surface area contributed by atoms with E-state index in [2.05, 4.69) is 21.2 Å². The van der Waals surface area contributed by atoms with Gasteiger partial charge in [0.15, 0.2) is 0 Å². The number of carbonyl (C=O) groups excluding carboxylic acids is 1. The van der Waals surface area contributed by atoms with Gasteiger partial charge in [-0.05, 0) is 82.5 Å². The van der Waals surface area contributed by atoms with E-state index in [4.69, 9.17) is 23.2 Å². The van der Waals surface area contributed by atoms with Crippen molar-refractivity contribution >= 4 is 34.9 Å². The first kappa shape index (κ1) is 23.0. The number of rotatable bonds is 5. The number of hydrogen-bond donors (Lipinski definition) is 1. The normalized spacial score (nSPS) is 25.9. The molecule has 1 spiro atoms. The van der Waals surface area contributed by atoms with Gasteiger partial charge >= 0.3 is 6.03 Å². The monoisotopic (exact) mass is 466 g/mol. The van der Waals surface area contributed by atoms with Crippen LogP contribution in [0.15, 0.2) is 18.2 Å². The summed E-state index contributed by atoms with van der Waals surface area (Å²) in [7, 11) is 3.60. The molecular formula is C24H36Cl2N4O. The molecule has 1 aliphatic heterocycles. The van der Waals surface area contributed by atoms with Crippen molar-refractivity contribution in [2.24, 2.45) is 5.92 Å². The quantitative estimate of drug-likeness (QED) is 0.642. The van der Waals surface area contributed by atoms with Crippen molar-refractivity contribution in [2.75, 3.05) is 45.2 Å². The Balaban J connectivity index is 1.28. The number of halogens is 2. The maximum atomic E-state index is 11.9. The highest BCUT2D eigenvalue weighted by Crippen LogP contribution is 2.48. The molecule has 3 fully saturated rings. The third-order valence-electron chi connectivity index (χ3n) is 7.43. The summed E-state index contributed by atoms with van der Waals surface area (Å²) < 4.78 is 0. The first-order chi connectivity index (χ1) is 14.9. The number of anilines is 1. The predicted octanol–water partition coefficient (Wildman–Crippen LogP) is 5.26. The Morgan fingerprint density at radius 1 is 1.16 bits per heavy atom. The molecular weight excluding hydrogens is 431 g/mol. The van der Waals surface area contributed by atoms with Crippen molar-refractivity contribution in [3.8, 4) is 0 Å². The molecule has 0 aromatic heterocycles. The Morgan fingerprint density at radius 2 is 1.90 bits per heavy atom. The van der Waals surface area contributed by atoms with Crippen LogP contribution in [0, 0.1) is 5.92 Å². The van der Waals surface area contributed by atoms with Crippen molar-refractivity contribution < 1.29 is 4.79 Å². The summed E-state index contributed by atoms with van der Waals surface area (Å²) in [4.78, 5) is 18.7. The van der Waals surface area contributed by atoms with E-state index in [9.17, 15) is 4.79 Å². The summed E-state index contributed by atoms with van der Waals surface area (Å²) in [5, 5.41) is 4.49. The summed E-state index contributed by atoms with van der Waals surface area (Å²) >= 11 is 12.9. The fourth-order valence-electron chi connectivity index (χ4n) is 5.37. The van der Waals surface area contributed by atoms with Gasteiger partial charge in [-0.25, -0.2) is 4.79 Å². The number of hydrogen-bond acceptors (Lipinski definition) is 3. The van der Waals surface area contributed by atoms with E-state index in [0.717, 1.165) is 50.5 Å². The maximum Gasteiger partial charge on any atom is 0.317 e. The van der Waals surface area contributed by atoms with Gasteiger partial charge in [-0.15, -0.1) is 0 Å². The second-order valence-electron chi connectivity index (χ2n) is 9.93. The van der Waals surface area contributed by atoms with Crippen LogP contribution in [0.2, 0.25) is 10.0 Å². The van der Waals surface area contributed by atoms with Crippen LogP contribution in [-0.2, 0) is 0 Å². The molecule has 2 saturated carbocycles. The molecule has 2 aliphatic carbocycles. The number of urea groups is 1. The zero-order valence-corrected chi connectivity index (χ0v) is 20.4. The molecule has 1 aromatic rings. The molecule has 3 aliphatic rings. The number of amides is 2. The van der Waals surface area contributed by atoms with Gasteiger partial charge in [0.2, 0.25) is 0 Å². The van der Waals surface area contributed by atoms with Crippen molar-refractivity contribution in [2.45, 2.75) is 62.9 Å². The summed E-state index contributed by atoms with van der Waals surface area (Å²) in [6.07, 6.45) is 9.57. The van der Waals surface area contributed by atoms with Crippen LogP contribution in [0.3, 0.4) is 0 Å². The minimum Gasteiger partial charge on any atom is -0.363 e. The van der Waals surface area contributed by atoms with Gasteiger partial charge in [-0.3, -0.25) is 0 Å². The van der Waals surface area contributed by atoms with Gasteiger partial charge in [0.25, 0.3) is 0 Å². The lowest BCUT2D eigenvalue weighted by atomic mass is 9.84. The predicted molar refractivity (Wildman–Crippen MR) is 129 cm³/mol. The number of nitrogens with zero attached hydrogens (tertiary/aromatic N) is 3. The van der Waals surface area contributed by atoms with Crippen molar-refractivity contribution in [1.29, 1.82) is 0 Å². The molecule has 0 atom stereocenters. The molecule has 5 nitrogen and oxygen atoms in total. The van der Waals surface area contributed by atoms with Crippen molar-refractivity contribution in [3.05, 3.63) is 28.2 Å². The molecule has 1 aromatic carbocycles. The van der Waals surface area contributed by atoms with Gasteiger partial charge in [-0.2, -0.15) is 0 Å². The van der Waals surface area contributed by atoms with E-state index in [1.165, 1.54) is 38.6 Å². The van der Waals surface area contributed by atoms with Gasteiger partial charge in [0, 0.05) is 33.2 Å². The Morgan fingerprint density at radius 3 is 2.58 bits per heavy atom. The summed E-state index contributed by atoms with van der Waals surface area (Å²) in [5.41, 5.74) is 1.34. The fraction of sp³-hybridized carbons (Fsp3) is 0.708. The zero-order valence-electron chi connectivity index (χ0n) is 18.9. The maximum absolute atomic E-state index is 11.9. The smallest absolute Gasteiger partial charge is 0.317 e. The molecule has 0 unspecified atom stereocenters. The van der Waals surface area contributed by atoms with Crippen LogP contribution < -0.4 is 10.2 Å². The highest BCUT2D eigenvalue weighted by Gasteiger charge is 2.50. The van der Waals surface area contributed by atoms with E-state index in [0.29, 0.717) is 16.1 Å². The van der Waals surface area contributed by atoms with Crippen LogP contribution in [0.25, 0.3) is 0 Å². The lowest BCUT2D eigenvalue weighted by molar-refractivity contribution is 0.196. The second kappa shape index (κ2) is 9.76. The molecule has 172 valence electrons. The number of carbonyl (C=O) groups is 1. The summed E-state index contributed by atoms with van der Waals surface area (Å²) in [6, 6.07) is 6.39. The van der Waals surface area contributed by atoms with Gasteiger partial charge < -0.3 is 20.0 Å². The Bertz CT molecular complexity index is 775. The van der Waals surface area contributed by atoms with E-state index >= 15 is 0 Å². The van der Waals surface area contributed by atoms with Crippen LogP contribution >= 0.6 is 23.2 Å². The Hall–Kier alpha value is -1.17. The molecule has 7 heteroatoms. The third kappa shape index (κ3) is 5.43. The Kier molecular flexibility index (Phi) is 7.24. The van der Waals surface area contributed by atoms with E-state index in [-0.39, 0.29) is 11.6 Å². The SMILES string of the molecule is CN(C)C(=O)NC1CCC(CCN2CCCN(c3cccc(Cl)c3Cl)C3(CC3)C2)CC1. The number of nitrogens with one attached hydrogen (secondary N) is 1. The summed E-state index contributed by atoms with van der Waals surface area (Å²) in [5.74, 6) is 0.782. The largest absolute Gasteiger partial charge is 0.363 e. The Labute approximate surface area is 197 Å². The number of benzene rings is 1. The molecule has 1 heterocycles. The second-order valence-corrected chi connectivity index (χ2v) is 10.7. The lowest BCUT2D eigenvalue weighted by Gasteiger charge is -2.35. The van der Waals surface area contributed by atoms with Gasteiger partial charge in [-0.1, -0.05) is 29.3 Å². The average molecular weight is 467 g/mol. The third-order valence-corrected chi connectivity index (χ3v) is 8.24.